The van der Waals surface area contributed by atoms with Gasteiger partial charge in [-0.2, -0.15) is 4.31 Å². The Balaban J connectivity index is 2.26. The van der Waals surface area contributed by atoms with E-state index in [1.165, 1.54) is 15.3 Å². The van der Waals surface area contributed by atoms with Crippen LogP contribution in [0.3, 0.4) is 0 Å². The van der Waals surface area contributed by atoms with E-state index >= 15 is 0 Å². The van der Waals surface area contributed by atoms with Gasteiger partial charge in [-0.05, 0) is 44.4 Å². The summed E-state index contributed by atoms with van der Waals surface area (Å²) in [4.78, 5) is 13.4. The highest BCUT2D eigenvalue weighted by atomic mass is 32.2. The third-order valence-electron chi connectivity index (χ3n) is 4.34. The van der Waals surface area contributed by atoms with Gasteiger partial charge in [0.25, 0.3) is 5.91 Å². The Labute approximate surface area is 148 Å². The molecule has 2 rings (SSSR count). The molecule has 0 radical (unpaired) electrons. The van der Waals surface area contributed by atoms with Gasteiger partial charge < -0.3 is 10.0 Å². The Bertz CT molecular complexity index is 715. The molecule has 0 unspecified atom stereocenters. The van der Waals surface area contributed by atoms with E-state index in [0.29, 0.717) is 26.1 Å². The molecule has 1 heterocycles. The number of aliphatic hydroxyl groups excluding tert-OH is 1. The van der Waals surface area contributed by atoms with Gasteiger partial charge in [0.1, 0.15) is 10.7 Å². The molecule has 1 aliphatic heterocycles. The lowest BCUT2D eigenvalue weighted by Gasteiger charge is -2.26. The van der Waals surface area contributed by atoms with E-state index in [-0.39, 0.29) is 5.56 Å². The number of nitrogens with zero attached hydrogens (tertiary/aromatic N) is 2. The van der Waals surface area contributed by atoms with Crippen LogP contribution in [0, 0.1) is 5.82 Å². The van der Waals surface area contributed by atoms with Crippen molar-refractivity contribution in [3.8, 4) is 0 Å². The Morgan fingerprint density at radius 2 is 1.96 bits per heavy atom. The maximum Gasteiger partial charge on any atom is 0.253 e. The summed E-state index contributed by atoms with van der Waals surface area (Å²) in [6.07, 6.45) is 2.32. The fourth-order valence-electron chi connectivity index (χ4n) is 2.78. The zero-order valence-corrected chi connectivity index (χ0v) is 15.4. The minimum absolute atomic E-state index is 0.116. The third kappa shape index (κ3) is 4.77. The molecule has 140 valence electrons. The van der Waals surface area contributed by atoms with Crippen molar-refractivity contribution in [1.29, 1.82) is 0 Å². The quantitative estimate of drug-likeness (QED) is 0.827. The maximum absolute atomic E-state index is 14.2. The molecule has 1 aliphatic rings. The molecule has 1 aromatic rings. The van der Waals surface area contributed by atoms with E-state index in [2.05, 4.69) is 0 Å². The molecule has 1 fully saturated rings. The first kappa shape index (κ1) is 19.8. The predicted octanol–water partition coefficient (Wildman–Crippen LogP) is 1.84. The van der Waals surface area contributed by atoms with Crippen molar-refractivity contribution in [2.75, 3.05) is 26.7 Å². The molecule has 8 heteroatoms. The summed E-state index contributed by atoms with van der Waals surface area (Å²) in [5.41, 5.74) is 0.116. The van der Waals surface area contributed by atoms with Crippen LogP contribution in [0.5, 0.6) is 0 Å². The zero-order chi connectivity index (χ0) is 18.6. The number of aliphatic hydroxyl groups is 1. The molecule has 0 aromatic heterocycles. The second-order valence-corrected chi connectivity index (χ2v) is 8.38. The van der Waals surface area contributed by atoms with E-state index in [9.17, 15) is 22.7 Å². The molecule has 0 aliphatic carbocycles. The number of amides is 1. The lowest BCUT2D eigenvalue weighted by Crippen LogP contribution is -2.36. The van der Waals surface area contributed by atoms with Gasteiger partial charge in [-0.3, -0.25) is 4.79 Å². The number of halogens is 1. The Kier molecular flexibility index (Phi) is 6.53. The Morgan fingerprint density at radius 1 is 1.32 bits per heavy atom. The van der Waals surface area contributed by atoms with E-state index < -0.39 is 32.7 Å². The van der Waals surface area contributed by atoms with E-state index in [4.69, 9.17) is 0 Å². The van der Waals surface area contributed by atoms with Gasteiger partial charge in [0.2, 0.25) is 10.0 Å². The highest BCUT2D eigenvalue weighted by Gasteiger charge is 2.29. The molecular formula is C17H25FN2O4S. The number of sulfonamides is 1. The van der Waals surface area contributed by atoms with E-state index in [0.717, 1.165) is 31.4 Å². The summed E-state index contributed by atoms with van der Waals surface area (Å²) < 4.78 is 40.8. The minimum atomic E-state index is -3.95. The first-order valence-electron chi connectivity index (χ1n) is 8.46. The van der Waals surface area contributed by atoms with E-state index in [1.807, 2.05) is 0 Å². The summed E-state index contributed by atoms with van der Waals surface area (Å²) in [5.74, 6) is -1.26. The van der Waals surface area contributed by atoms with Gasteiger partial charge >= 0.3 is 0 Å². The van der Waals surface area contributed by atoms with Crippen molar-refractivity contribution in [3.05, 3.63) is 29.6 Å². The van der Waals surface area contributed by atoms with Crippen LogP contribution in [-0.2, 0) is 10.0 Å². The number of carbonyl (C=O) groups is 1. The lowest BCUT2D eigenvalue weighted by atomic mass is 10.2. The molecular weight excluding hydrogens is 347 g/mol. The van der Waals surface area contributed by atoms with Crippen molar-refractivity contribution < 1.29 is 22.7 Å². The molecule has 1 N–H and O–H groups in total. The molecule has 0 spiro atoms. The van der Waals surface area contributed by atoms with Gasteiger partial charge in [0.05, 0.1) is 6.10 Å². The van der Waals surface area contributed by atoms with Crippen LogP contribution in [0.4, 0.5) is 4.39 Å². The second kappa shape index (κ2) is 8.25. The zero-order valence-electron chi connectivity index (χ0n) is 14.6. The molecule has 0 bridgehead atoms. The summed E-state index contributed by atoms with van der Waals surface area (Å²) in [7, 11) is -2.39. The van der Waals surface area contributed by atoms with Crippen LogP contribution in [0.15, 0.2) is 23.1 Å². The summed E-state index contributed by atoms with van der Waals surface area (Å²) in [6, 6.07) is 3.42. The Morgan fingerprint density at radius 3 is 2.56 bits per heavy atom. The number of hydrogen-bond acceptors (Lipinski definition) is 4. The lowest BCUT2D eigenvalue weighted by molar-refractivity contribution is 0.0768. The molecule has 1 amide bonds. The highest BCUT2D eigenvalue weighted by Crippen LogP contribution is 2.24. The molecule has 0 saturated carbocycles. The number of benzene rings is 1. The van der Waals surface area contributed by atoms with Gasteiger partial charge in [-0.15, -0.1) is 0 Å². The van der Waals surface area contributed by atoms with Crippen LogP contribution in [0.2, 0.25) is 0 Å². The summed E-state index contributed by atoms with van der Waals surface area (Å²) in [5, 5.41) is 9.31. The second-order valence-electron chi connectivity index (χ2n) is 6.47. The van der Waals surface area contributed by atoms with Gasteiger partial charge in [0, 0.05) is 32.2 Å². The molecule has 6 nitrogen and oxygen atoms in total. The monoisotopic (exact) mass is 372 g/mol. The van der Waals surface area contributed by atoms with E-state index in [1.54, 1.807) is 14.0 Å². The first-order chi connectivity index (χ1) is 11.7. The van der Waals surface area contributed by atoms with Crippen molar-refractivity contribution in [2.24, 2.45) is 0 Å². The SMILES string of the molecule is C[C@@H](O)CCN(C)C(=O)c1ccc(F)c(S(=O)(=O)N2CCCCC2)c1. The largest absolute Gasteiger partial charge is 0.393 e. The van der Waals surface area contributed by atoms with Crippen molar-refractivity contribution in [2.45, 2.75) is 43.6 Å². The normalized spacial score (nSPS) is 17.3. The molecule has 1 saturated heterocycles. The minimum Gasteiger partial charge on any atom is -0.393 e. The van der Waals surface area contributed by atoms with Crippen LogP contribution in [0.25, 0.3) is 0 Å². The maximum atomic E-state index is 14.2. The fraction of sp³-hybridized carbons (Fsp3) is 0.588. The Hall–Kier alpha value is -1.51. The predicted molar refractivity (Wildman–Crippen MR) is 92.3 cm³/mol. The fourth-order valence-corrected chi connectivity index (χ4v) is 4.39. The molecule has 1 atom stereocenters. The summed E-state index contributed by atoms with van der Waals surface area (Å²) >= 11 is 0. The average molecular weight is 372 g/mol. The van der Waals surface area contributed by atoms with Crippen LogP contribution < -0.4 is 0 Å². The number of carbonyl (C=O) groups excluding carboxylic acids is 1. The van der Waals surface area contributed by atoms with Gasteiger partial charge in [0.15, 0.2) is 0 Å². The number of rotatable bonds is 6. The standard InChI is InChI=1S/C17H25FN2O4S/c1-13(21)8-11-19(2)17(22)14-6-7-15(18)16(12-14)25(23,24)20-9-4-3-5-10-20/h6-7,12-13,21H,3-5,8-11H2,1-2H3/t13-/m1/s1. The van der Waals surface area contributed by atoms with Crippen LogP contribution in [0.1, 0.15) is 43.0 Å². The molecule has 25 heavy (non-hydrogen) atoms. The topological polar surface area (TPSA) is 77.9 Å². The number of piperidine rings is 1. The van der Waals surface area contributed by atoms with Gasteiger partial charge in [-0.25, -0.2) is 12.8 Å². The first-order valence-corrected chi connectivity index (χ1v) is 9.90. The average Bonchev–Trinajstić information content (AvgIpc) is 2.60. The van der Waals surface area contributed by atoms with Gasteiger partial charge in [-0.1, -0.05) is 6.42 Å². The van der Waals surface area contributed by atoms with Crippen molar-refractivity contribution in [3.63, 3.8) is 0 Å². The van der Waals surface area contributed by atoms with Crippen LogP contribution in [-0.4, -0.2) is 61.4 Å². The van der Waals surface area contributed by atoms with Crippen molar-refractivity contribution >= 4 is 15.9 Å². The third-order valence-corrected chi connectivity index (χ3v) is 6.25. The van der Waals surface area contributed by atoms with Crippen LogP contribution >= 0.6 is 0 Å². The highest BCUT2D eigenvalue weighted by molar-refractivity contribution is 7.89. The summed E-state index contributed by atoms with van der Waals surface area (Å²) in [6.45, 7) is 2.68. The van der Waals surface area contributed by atoms with Crippen molar-refractivity contribution in [1.82, 2.24) is 9.21 Å². The molecule has 1 aromatic carbocycles. The smallest absolute Gasteiger partial charge is 0.253 e. The number of hydrogen-bond donors (Lipinski definition) is 1.